The molecule has 3 nitrogen and oxygen atoms in total. The van der Waals surface area contributed by atoms with Crippen LogP contribution in [0.1, 0.15) is 22.3 Å². The van der Waals surface area contributed by atoms with E-state index in [9.17, 15) is 13.6 Å². The molecule has 0 aliphatic carbocycles. The maximum Gasteiger partial charge on any atom is 0.159 e. The minimum absolute atomic E-state index is 0.00906. The molecular formula is C18H14F2N2OS. The van der Waals surface area contributed by atoms with Crippen LogP contribution in [0, 0.1) is 11.6 Å². The van der Waals surface area contributed by atoms with Gasteiger partial charge in [0.05, 0.1) is 17.8 Å². The van der Waals surface area contributed by atoms with Crippen LogP contribution < -0.4 is 5.32 Å². The van der Waals surface area contributed by atoms with Gasteiger partial charge >= 0.3 is 0 Å². The summed E-state index contributed by atoms with van der Waals surface area (Å²) in [6, 6.07) is 10.9. The second kappa shape index (κ2) is 6.88. The number of nitrogens with zero attached hydrogens (tertiary/aromatic N) is 1. The van der Waals surface area contributed by atoms with Gasteiger partial charge in [0.15, 0.2) is 5.78 Å². The van der Waals surface area contributed by atoms with Gasteiger partial charge in [0.25, 0.3) is 0 Å². The van der Waals surface area contributed by atoms with Gasteiger partial charge in [-0.05, 0) is 31.2 Å². The fourth-order valence-corrected chi connectivity index (χ4v) is 3.00. The van der Waals surface area contributed by atoms with Crippen LogP contribution in [-0.4, -0.2) is 10.8 Å². The van der Waals surface area contributed by atoms with Crippen molar-refractivity contribution in [2.75, 3.05) is 5.32 Å². The second-order valence-corrected chi connectivity index (χ2v) is 6.16. The molecule has 0 saturated carbocycles. The molecule has 0 spiro atoms. The number of carbonyl (C=O) groups excluding carboxylic acids is 1. The smallest absolute Gasteiger partial charge is 0.159 e. The molecule has 2 aromatic carbocycles. The summed E-state index contributed by atoms with van der Waals surface area (Å²) in [5.74, 6) is -1.27. The predicted octanol–water partition coefficient (Wildman–Crippen LogP) is 4.90. The maximum atomic E-state index is 13.8. The zero-order valence-electron chi connectivity index (χ0n) is 12.8. The van der Waals surface area contributed by atoms with Gasteiger partial charge in [0, 0.05) is 16.6 Å². The van der Waals surface area contributed by atoms with Crippen molar-refractivity contribution in [3.05, 3.63) is 70.1 Å². The van der Waals surface area contributed by atoms with Crippen molar-refractivity contribution in [3.8, 4) is 11.3 Å². The van der Waals surface area contributed by atoms with Crippen LogP contribution in [0.3, 0.4) is 0 Å². The van der Waals surface area contributed by atoms with Crippen molar-refractivity contribution < 1.29 is 13.6 Å². The number of hydrogen-bond acceptors (Lipinski definition) is 4. The molecular weight excluding hydrogens is 330 g/mol. The van der Waals surface area contributed by atoms with Crippen molar-refractivity contribution in [2.24, 2.45) is 0 Å². The summed E-state index contributed by atoms with van der Waals surface area (Å²) >= 11 is 1.32. The van der Waals surface area contributed by atoms with Gasteiger partial charge in [0.1, 0.15) is 16.6 Å². The lowest BCUT2D eigenvalue weighted by molar-refractivity contribution is 0.101. The molecule has 122 valence electrons. The first-order valence-corrected chi connectivity index (χ1v) is 8.16. The van der Waals surface area contributed by atoms with E-state index in [2.05, 4.69) is 10.3 Å². The summed E-state index contributed by atoms with van der Waals surface area (Å²) in [4.78, 5) is 15.7. The fourth-order valence-electron chi connectivity index (χ4n) is 2.28. The fraction of sp³-hybridized carbons (Fsp3) is 0.111. The lowest BCUT2D eigenvalue weighted by Crippen LogP contribution is -2.01. The van der Waals surface area contributed by atoms with E-state index in [-0.39, 0.29) is 17.0 Å². The Morgan fingerprint density at radius 2 is 1.88 bits per heavy atom. The highest BCUT2D eigenvalue weighted by Gasteiger charge is 2.14. The monoisotopic (exact) mass is 344 g/mol. The number of nitrogens with one attached hydrogen (secondary N) is 1. The number of halogens is 2. The number of benzene rings is 2. The highest BCUT2D eigenvalue weighted by atomic mass is 32.1. The molecule has 0 bridgehead atoms. The van der Waals surface area contributed by atoms with Crippen LogP contribution in [0.2, 0.25) is 0 Å². The predicted molar refractivity (Wildman–Crippen MR) is 91.2 cm³/mol. The Kier molecular flexibility index (Phi) is 4.66. The second-order valence-electron chi connectivity index (χ2n) is 5.21. The molecule has 1 aromatic heterocycles. The summed E-state index contributed by atoms with van der Waals surface area (Å²) in [5.41, 5.74) is 1.58. The Hall–Kier alpha value is -2.60. The largest absolute Gasteiger partial charge is 0.379 e. The van der Waals surface area contributed by atoms with E-state index in [1.54, 1.807) is 23.6 Å². The number of hydrogen-bond donors (Lipinski definition) is 1. The van der Waals surface area contributed by atoms with Gasteiger partial charge in [0.2, 0.25) is 0 Å². The summed E-state index contributed by atoms with van der Waals surface area (Å²) in [6.45, 7) is 1.91. The highest BCUT2D eigenvalue weighted by molar-refractivity contribution is 7.10. The molecule has 3 aromatic rings. The van der Waals surface area contributed by atoms with E-state index in [0.717, 1.165) is 5.69 Å². The first kappa shape index (κ1) is 16.3. The Bertz CT molecular complexity index is 872. The zero-order valence-corrected chi connectivity index (χ0v) is 13.7. The third kappa shape index (κ3) is 3.49. The Balaban J connectivity index is 1.75. The zero-order chi connectivity index (χ0) is 17.1. The van der Waals surface area contributed by atoms with Gasteiger partial charge in [-0.25, -0.2) is 13.8 Å². The van der Waals surface area contributed by atoms with Crippen molar-refractivity contribution in [2.45, 2.75) is 13.5 Å². The molecule has 0 amide bonds. The van der Waals surface area contributed by atoms with Crippen LogP contribution in [0.25, 0.3) is 11.3 Å². The summed E-state index contributed by atoms with van der Waals surface area (Å²) in [6.07, 6.45) is 0. The van der Waals surface area contributed by atoms with Crippen LogP contribution in [0.15, 0.2) is 47.8 Å². The lowest BCUT2D eigenvalue weighted by Gasteiger charge is -2.05. The first-order chi connectivity index (χ1) is 11.5. The van der Waals surface area contributed by atoms with E-state index >= 15 is 0 Å². The third-order valence-corrected chi connectivity index (χ3v) is 4.33. The lowest BCUT2D eigenvalue weighted by atomic mass is 10.1. The molecule has 6 heteroatoms. The number of carbonyl (C=O) groups is 1. The minimum Gasteiger partial charge on any atom is -0.379 e. The van der Waals surface area contributed by atoms with Gasteiger partial charge in [-0.2, -0.15) is 0 Å². The van der Waals surface area contributed by atoms with E-state index in [4.69, 9.17) is 0 Å². The molecule has 0 radical (unpaired) electrons. The van der Waals surface area contributed by atoms with E-state index in [1.165, 1.54) is 36.5 Å². The Morgan fingerprint density at radius 1 is 1.17 bits per heavy atom. The van der Waals surface area contributed by atoms with Gasteiger partial charge in [-0.1, -0.05) is 18.2 Å². The molecule has 0 atom stereocenters. The van der Waals surface area contributed by atoms with Crippen LogP contribution in [0.5, 0.6) is 0 Å². The van der Waals surface area contributed by atoms with E-state index in [0.29, 0.717) is 17.1 Å². The average molecular weight is 344 g/mol. The summed E-state index contributed by atoms with van der Waals surface area (Å²) in [7, 11) is 0. The van der Waals surface area contributed by atoms with Gasteiger partial charge in [-0.15, -0.1) is 11.3 Å². The van der Waals surface area contributed by atoms with Crippen molar-refractivity contribution in [1.29, 1.82) is 0 Å². The normalized spacial score (nSPS) is 10.6. The SMILES string of the molecule is CC(=O)c1cccc(NCc2nc(-c3c(F)cccc3F)cs2)c1. The summed E-state index contributed by atoms with van der Waals surface area (Å²) in [5, 5.41) is 5.48. The molecule has 0 unspecified atom stereocenters. The number of rotatable bonds is 5. The third-order valence-electron chi connectivity index (χ3n) is 3.48. The van der Waals surface area contributed by atoms with E-state index in [1.807, 2.05) is 6.07 Å². The summed E-state index contributed by atoms with van der Waals surface area (Å²) < 4.78 is 27.6. The number of anilines is 1. The van der Waals surface area contributed by atoms with E-state index < -0.39 is 11.6 Å². The molecule has 1 N–H and O–H groups in total. The quantitative estimate of drug-likeness (QED) is 0.669. The van der Waals surface area contributed by atoms with Gasteiger partial charge in [-0.3, -0.25) is 4.79 Å². The highest BCUT2D eigenvalue weighted by Crippen LogP contribution is 2.27. The van der Waals surface area contributed by atoms with Crippen molar-refractivity contribution in [1.82, 2.24) is 4.98 Å². The molecule has 0 fully saturated rings. The number of thiazole rings is 1. The van der Waals surface area contributed by atoms with Crippen LogP contribution in [-0.2, 0) is 6.54 Å². The molecule has 0 aliphatic heterocycles. The topological polar surface area (TPSA) is 42.0 Å². The molecule has 0 aliphatic rings. The standard InChI is InChI=1S/C18H14F2N2OS/c1-11(23)12-4-2-5-13(8-12)21-9-17-22-16(10-24-17)18-14(19)6-3-7-15(18)20/h2-8,10,21H,9H2,1H3. The Labute approximate surface area is 142 Å². The number of aromatic nitrogens is 1. The molecule has 0 saturated heterocycles. The van der Waals surface area contributed by atoms with Crippen molar-refractivity contribution in [3.63, 3.8) is 0 Å². The van der Waals surface area contributed by atoms with Crippen molar-refractivity contribution >= 4 is 22.8 Å². The maximum absolute atomic E-state index is 13.8. The number of Topliss-reactive ketones (excluding diaryl/α,β-unsaturated/α-hetero) is 1. The number of ketones is 1. The Morgan fingerprint density at radius 3 is 2.58 bits per heavy atom. The van der Waals surface area contributed by atoms with Gasteiger partial charge < -0.3 is 5.32 Å². The minimum atomic E-state index is -0.631. The van der Waals surface area contributed by atoms with Crippen LogP contribution >= 0.6 is 11.3 Å². The first-order valence-electron chi connectivity index (χ1n) is 7.28. The average Bonchev–Trinajstić information content (AvgIpc) is 3.01. The van der Waals surface area contributed by atoms with Crippen LogP contribution in [0.4, 0.5) is 14.5 Å². The molecule has 3 rings (SSSR count). The molecule has 1 heterocycles. The molecule has 24 heavy (non-hydrogen) atoms.